The lowest BCUT2D eigenvalue weighted by Gasteiger charge is -2.33. The molecule has 0 fully saturated rings. The monoisotopic (exact) mass is 450 g/mol. The summed E-state index contributed by atoms with van der Waals surface area (Å²) in [5.74, 6) is -2.00. The second-order valence-electron chi connectivity index (χ2n) is 9.55. The van der Waals surface area contributed by atoms with Crippen molar-refractivity contribution >= 4 is 23.8 Å². The lowest BCUT2D eigenvalue weighted by atomic mass is 10.0. The van der Waals surface area contributed by atoms with E-state index in [2.05, 4.69) is 10.6 Å². The number of hydrogen-bond acceptors (Lipinski definition) is 6. The number of primary amides is 1. The van der Waals surface area contributed by atoms with Crippen LogP contribution in [0.2, 0.25) is 0 Å². The molecular weight excluding hydrogens is 416 g/mol. The lowest BCUT2D eigenvalue weighted by molar-refractivity contribution is -0.142. The van der Waals surface area contributed by atoms with Crippen molar-refractivity contribution in [3.63, 3.8) is 0 Å². The van der Waals surface area contributed by atoms with Crippen LogP contribution in [0.5, 0.6) is 5.75 Å². The molecule has 0 radical (unpaired) electrons. The van der Waals surface area contributed by atoms with Crippen LogP contribution in [0.25, 0.3) is 0 Å². The second-order valence-corrected chi connectivity index (χ2v) is 9.55. The summed E-state index contributed by atoms with van der Waals surface area (Å²) in [5, 5.41) is 14.8. The molecule has 4 amide bonds. The Hall–Kier alpha value is -3.30. The minimum Gasteiger partial charge on any atom is -0.508 e. The zero-order chi connectivity index (χ0) is 24.9. The van der Waals surface area contributed by atoms with E-state index in [1.165, 1.54) is 31.3 Å². The topological polar surface area (TPSA) is 151 Å². The number of aromatic hydroxyl groups is 1. The van der Waals surface area contributed by atoms with Crippen molar-refractivity contribution in [3.8, 4) is 5.75 Å². The van der Waals surface area contributed by atoms with Crippen LogP contribution in [-0.4, -0.2) is 58.1 Å². The van der Waals surface area contributed by atoms with Crippen LogP contribution in [-0.2, 0) is 19.1 Å². The summed E-state index contributed by atoms with van der Waals surface area (Å²) in [6, 6.07) is 3.37. The average Bonchev–Trinajstić information content (AvgIpc) is 2.58. The third kappa shape index (κ3) is 8.83. The fourth-order valence-corrected chi connectivity index (χ4v) is 2.87. The van der Waals surface area contributed by atoms with Crippen LogP contribution in [0.3, 0.4) is 0 Å². The summed E-state index contributed by atoms with van der Waals surface area (Å²) >= 11 is 0. The van der Waals surface area contributed by atoms with Gasteiger partial charge < -0.3 is 31.1 Å². The van der Waals surface area contributed by atoms with Crippen molar-refractivity contribution < 1.29 is 29.0 Å². The molecule has 0 aliphatic carbocycles. The Morgan fingerprint density at radius 3 is 2.03 bits per heavy atom. The number of nitrogens with two attached hydrogens (primary N) is 1. The Kier molecular flexibility index (Phi) is 8.64. The first-order valence-corrected chi connectivity index (χ1v) is 10.2. The molecule has 0 heterocycles. The number of nitrogens with one attached hydrogen (secondary N) is 2. The normalized spacial score (nSPS) is 13.5. The van der Waals surface area contributed by atoms with Gasteiger partial charge in [-0.05, 0) is 59.2 Å². The fourth-order valence-electron chi connectivity index (χ4n) is 2.87. The number of phenolic OH excluding ortho intramolecular Hbond substituents is 1. The number of likely N-dealkylation sites (N-methyl/N-ethyl adjacent to an activating group) is 1. The molecule has 5 N–H and O–H groups in total. The number of nitrogens with zero attached hydrogens (tertiary/aromatic N) is 1. The summed E-state index contributed by atoms with van der Waals surface area (Å²) < 4.78 is 5.17. The molecule has 0 bridgehead atoms. The van der Waals surface area contributed by atoms with Crippen molar-refractivity contribution in [3.05, 3.63) is 29.8 Å². The molecule has 0 saturated carbocycles. The summed E-state index contributed by atoms with van der Waals surface area (Å²) in [6.07, 6.45) is -1.38. The number of ether oxygens (including phenoxy) is 1. The van der Waals surface area contributed by atoms with Crippen LogP contribution >= 0.6 is 0 Å². The van der Waals surface area contributed by atoms with Crippen molar-refractivity contribution in [2.75, 3.05) is 7.05 Å². The van der Waals surface area contributed by atoms with Gasteiger partial charge in [0.2, 0.25) is 17.7 Å². The van der Waals surface area contributed by atoms with Gasteiger partial charge in [-0.2, -0.15) is 0 Å². The van der Waals surface area contributed by atoms with Gasteiger partial charge in [0.1, 0.15) is 23.4 Å². The maximum absolute atomic E-state index is 13.3. The molecule has 0 aliphatic rings. The van der Waals surface area contributed by atoms with Gasteiger partial charge in [-0.1, -0.05) is 12.1 Å². The van der Waals surface area contributed by atoms with Gasteiger partial charge >= 0.3 is 6.09 Å². The highest BCUT2D eigenvalue weighted by atomic mass is 16.6. The zero-order valence-corrected chi connectivity index (χ0v) is 19.7. The number of alkyl carbamates (subject to hydrolysis) is 1. The van der Waals surface area contributed by atoms with E-state index >= 15 is 0 Å². The Morgan fingerprint density at radius 1 is 1.06 bits per heavy atom. The van der Waals surface area contributed by atoms with E-state index in [-0.39, 0.29) is 5.75 Å². The van der Waals surface area contributed by atoms with Gasteiger partial charge in [0, 0.05) is 12.6 Å². The number of hydrogen-bond donors (Lipinski definition) is 4. The average molecular weight is 451 g/mol. The highest BCUT2D eigenvalue weighted by Crippen LogP contribution is 2.24. The van der Waals surface area contributed by atoms with Crippen molar-refractivity contribution in [1.29, 1.82) is 0 Å². The number of carbonyl (C=O) groups is 4. The molecule has 1 aromatic rings. The van der Waals surface area contributed by atoms with Crippen molar-refractivity contribution in [2.24, 2.45) is 5.73 Å². The van der Waals surface area contributed by atoms with E-state index in [4.69, 9.17) is 10.5 Å². The highest BCUT2D eigenvalue weighted by Gasteiger charge is 2.35. The molecule has 2 unspecified atom stereocenters. The predicted molar refractivity (Wildman–Crippen MR) is 118 cm³/mol. The zero-order valence-electron chi connectivity index (χ0n) is 19.7. The van der Waals surface area contributed by atoms with Crippen LogP contribution in [0, 0.1) is 0 Å². The SMILES string of the molecule is CN(C(=O)C(CC(N)=O)NC(=O)OC(C)(C)C)C(C(=O)NC(C)(C)C)c1ccc(O)cc1. The largest absolute Gasteiger partial charge is 0.508 e. The molecule has 0 spiro atoms. The van der Waals surface area contributed by atoms with E-state index in [9.17, 15) is 24.3 Å². The standard InChI is InChI=1S/C22H34N4O6/c1-21(2,3)25-18(29)17(13-8-10-14(27)11-9-13)26(7)19(30)15(12-16(23)28)24-20(31)32-22(4,5)6/h8-11,15,17,27H,12H2,1-7H3,(H2,23,28)(H,24,31)(H,25,29). The van der Waals surface area contributed by atoms with Gasteiger partial charge in [0.15, 0.2) is 0 Å². The Balaban J connectivity index is 3.27. The minimum atomic E-state index is -1.34. The molecule has 1 aromatic carbocycles. The van der Waals surface area contributed by atoms with Crippen LogP contribution < -0.4 is 16.4 Å². The van der Waals surface area contributed by atoms with Crippen LogP contribution in [0.15, 0.2) is 24.3 Å². The first-order chi connectivity index (χ1) is 14.5. The third-order valence-electron chi connectivity index (χ3n) is 4.08. The van der Waals surface area contributed by atoms with Gasteiger partial charge in [0.05, 0.1) is 6.42 Å². The Bertz CT molecular complexity index is 839. The predicted octanol–water partition coefficient (Wildman–Crippen LogP) is 1.58. The van der Waals surface area contributed by atoms with Crippen LogP contribution in [0.1, 0.15) is 59.6 Å². The summed E-state index contributed by atoms with van der Waals surface area (Å²) in [4.78, 5) is 51.2. The first kappa shape index (κ1) is 26.7. The van der Waals surface area contributed by atoms with Gasteiger partial charge in [-0.3, -0.25) is 14.4 Å². The molecule has 0 saturated heterocycles. The molecule has 32 heavy (non-hydrogen) atoms. The summed E-state index contributed by atoms with van der Waals surface area (Å²) in [6.45, 7) is 10.3. The van der Waals surface area contributed by atoms with Gasteiger partial charge in [-0.25, -0.2) is 4.79 Å². The second kappa shape index (κ2) is 10.3. The van der Waals surface area contributed by atoms with Gasteiger partial charge in [0.25, 0.3) is 0 Å². The molecule has 178 valence electrons. The molecule has 0 aliphatic heterocycles. The smallest absolute Gasteiger partial charge is 0.408 e. The third-order valence-corrected chi connectivity index (χ3v) is 4.08. The molecule has 1 rings (SSSR count). The minimum absolute atomic E-state index is 0.00379. The maximum Gasteiger partial charge on any atom is 0.408 e. The molecule has 2 atom stereocenters. The number of phenols is 1. The molecular formula is C22H34N4O6. The van der Waals surface area contributed by atoms with Gasteiger partial charge in [-0.15, -0.1) is 0 Å². The lowest BCUT2D eigenvalue weighted by Crippen LogP contribution is -2.54. The van der Waals surface area contributed by atoms with E-state index in [1.54, 1.807) is 41.5 Å². The fraction of sp³-hybridized carbons (Fsp3) is 0.545. The van der Waals surface area contributed by atoms with E-state index in [1.807, 2.05) is 0 Å². The molecule has 0 aromatic heterocycles. The maximum atomic E-state index is 13.3. The number of rotatable bonds is 7. The first-order valence-electron chi connectivity index (χ1n) is 10.2. The Morgan fingerprint density at radius 2 is 1.59 bits per heavy atom. The quantitative estimate of drug-likeness (QED) is 0.495. The van der Waals surface area contributed by atoms with E-state index in [0.717, 1.165) is 4.90 Å². The highest BCUT2D eigenvalue weighted by molar-refractivity contribution is 5.94. The van der Waals surface area contributed by atoms with Crippen LogP contribution in [0.4, 0.5) is 4.79 Å². The number of benzene rings is 1. The summed E-state index contributed by atoms with van der Waals surface area (Å²) in [5.41, 5.74) is 4.29. The van der Waals surface area contributed by atoms with Crippen molar-refractivity contribution in [2.45, 2.75) is 71.2 Å². The number of carbonyl (C=O) groups excluding carboxylic acids is 4. The molecule has 10 heteroatoms. The Labute approximate surface area is 188 Å². The summed E-state index contributed by atoms with van der Waals surface area (Å²) in [7, 11) is 1.38. The molecule has 10 nitrogen and oxygen atoms in total. The van der Waals surface area contributed by atoms with Crippen molar-refractivity contribution in [1.82, 2.24) is 15.5 Å². The van der Waals surface area contributed by atoms with E-state index < -0.39 is 53.5 Å². The van der Waals surface area contributed by atoms with E-state index in [0.29, 0.717) is 5.56 Å². The number of amides is 4.